The number of nitrogens with one attached hydrogen (secondary N) is 1. The minimum atomic E-state index is -0.295. The number of carbonyl (C=O) groups is 2. The van der Waals surface area contributed by atoms with Gasteiger partial charge in [0.05, 0.1) is 4.91 Å². The molecule has 2 rings (SSSR count). The first-order valence-corrected chi connectivity index (χ1v) is 9.08. The van der Waals surface area contributed by atoms with Crippen LogP contribution >= 0.6 is 35.6 Å². The van der Waals surface area contributed by atoms with Crippen molar-refractivity contribution < 1.29 is 9.59 Å². The van der Waals surface area contributed by atoms with Crippen molar-refractivity contribution in [1.29, 1.82) is 0 Å². The van der Waals surface area contributed by atoms with Gasteiger partial charge in [-0.05, 0) is 38.5 Å². The van der Waals surface area contributed by atoms with Crippen LogP contribution in [0.15, 0.2) is 29.2 Å². The van der Waals surface area contributed by atoms with Gasteiger partial charge in [-0.25, -0.2) is 0 Å². The molecular weight excluding hydrogens is 364 g/mol. The fourth-order valence-corrected chi connectivity index (χ4v) is 3.61. The van der Waals surface area contributed by atoms with Crippen LogP contribution in [0, 0.1) is 0 Å². The molecule has 1 saturated heterocycles. The predicted octanol–water partition coefficient (Wildman–Crippen LogP) is 3.85. The first-order chi connectivity index (χ1) is 11.2. The van der Waals surface area contributed by atoms with E-state index in [0.29, 0.717) is 14.2 Å². The third kappa shape index (κ3) is 5.06. The number of rotatable bonds is 4. The first kappa shape index (κ1) is 19.0. The summed E-state index contributed by atoms with van der Waals surface area (Å²) < 4.78 is 0.460. The number of hydrogen-bond acceptors (Lipinski definition) is 4. The van der Waals surface area contributed by atoms with E-state index in [1.54, 1.807) is 12.1 Å². The Morgan fingerprint density at radius 3 is 2.67 bits per heavy atom. The first-order valence-electron chi connectivity index (χ1n) is 7.48. The quantitative estimate of drug-likeness (QED) is 0.634. The summed E-state index contributed by atoms with van der Waals surface area (Å²) in [7, 11) is 0. The van der Waals surface area contributed by atoms with Gasteiger partial charge < -0.3 is 5.32 Å². The van der Waals surface area contributed by atoms with Crippen molar-refractivity contribution in [2.45, 2.75) is 32.7 Å². The highest BCUT2D eigenvalue weighted by atomic mass is 35.5. The van der Waals surface area contributed by atoms with Gasteiger partial charge in [-0.2, -0.15) is 0 Å². The van der Waals surface area contributed by atoms with Crippen molar-refractivity contribution in [3.05, 3.63) is 39.8 Å². The van der Waals surface area contributed by atoms with Gasteiger partial charge in [-0.3, -0.25) is 14.5 Å². The van der Waals surface area contributed by atoms with E-state index in [1.165, 1.54) is 16.7 Å². The van der Waals surface area contributed by atoms with E-state index >= 15 is 0 Å². The zero-order chi connectivity index (χ0) is 17.9. The molecule has 0 aliphatic carbocycles. The largest absolute Gasteiger partial charge is 0.351 e. The average molecular weight is 383 g/mol. The van der Waals surface area contributed by atoms with E-state index in [9.17, 15) is 9.59 Å². The van der Waals surface area contributed by atoms with Crippen molar-refractivity contribution in [3.63, 3.8) is 0 Å². The van der Waals surface area contributed by atoms with Crippen LogP contribution in [0.1, 0.15) is 32.8 Å². The molecule has 0 radical (unpaired) electrons. The van der Waals surface area contributed by atoms with Crippen molar-refractivity contribution >= 4 is 57.8 Å². The Morgan fingerprint density at radius 2 is 2.04 bits per heavy atom. The minimum Gasteiger partial charge on any atom is -0.351 e. The molecule has 0 bridgehead atoms. The van der Waals surface area contributed by atoms with Crippen LogP contribution in [0.5, 0.6) is 0 Å². The monoisotopic (exact) mass is 382 g/mol. The molecule has 128 valence electrons. The molecule has 4 nitrogen and oxygen atoms in total. The summed E-state index contributed by atoms with van der Waals surface area (Å²) in [5.41, 5.74) is 0.473. The second-order valence-corrected chi connectivity index (χ2v) is 8.49. The maximum Gasteiger partial charge on any atom is 0.266 e. The summed E-state index contributed by atoms with van der Waals surface area (Å²) in [5, 5.41) is 3.45. The predicted molar refractivity (Wildman–Crippen MR) is 104 cm³/mol. The number of carbonyl (C=O) groups excluding carboxylic acids is 2. The molecular formula is C17H19ClN2O2S2. The lowest BCUT2D eigenvalue weighted by atomic mass is 10.1. The summed E-state index contributed by atoms with van der Waals surface area (Å²) >= 11 is 12.6. The summed E-state index contributed by atoms with van der Waals surface area (Å²) in [6.07, 6.45) is 1.94. The lowest BCUT2D eigenvalue weighted by Crippen LogP contribution is -2.42. The second-order valence-electron chi connectivity index (χ2n) is 6.40. The maximum absolute atomic E-state index is 12.5. The zero-order valence-corrected chi connectivity index (χ0v) is 16.1. The lowest BCUT2D eigenvalue weighted by molar-refractivity contribution is -0.124. The van der Waals surface area contributed by atoms with E-state index in [1.807, 2.05) is 39.0 Å². The van der Waals surface area contributed by atoms with Crippen LogP contribution in [0.3, 0.4) is 0 Å². The molecule has 1 heterocycles. The minimum absolute atomic E-state index is 0.105. The molecule has 7 heteroatoms. The number of thiocarbonyl (C=S) groups is 1. The van der Waals surface area contributed by atoms with Gasteiger partial charge in [-0.1, -0.05) is 53.8 Å². The van der Waals surface area contributed by atoms with Crippen LogP contribution < -0.4 is 5.32 Å². The molecule has 0 aromatic heterocycles. The normalized spacial score (nSPS) is 16.8. The van der Waals surface area contributed by atoms with E-state index in [0.717, 1.165) is 5.56 Å². The van der Waals surface area contributed by atoms with E-state index in [2.05, 4.69) is 5.32 Å². The number of hydrogen-bond donors (Lipinski definition) is 1. The molecule has 1 aromatic rings. The topological polar surface area (TPSA) is 49.4 Å². The van der Waals surface area contributed by atoms with Crippen LogP contribution in [-0.4, -0.2) is 33.1 Å². The SMILES string of the molecule is CC(C)(C)NC(=O)CCN1C(=O)/C(=C/c2ccccc2Cl)SC1=S. The lowest BCUT2D eigenvalue weighted by Gasteiger charge is -2.21. The van der Waals surface area contributed by atoms with Gasteiger partial charge in [0, 0.05) is 23.5 Å². The summed E-state index contributed by atoms with van der Waals surface area (Å²) in [4.78, 5) is 26.4. The van der Waals surface area contributed by atoms with Crippen molar-refractivity contribution in [2.24, 2.45) is 0 Å². The van der Waals surface area contributed by atoms with Crippen molar-refractivity contribution in [2.75, 3.05) is 6.54 Å². The Hall–Kier alpha value is -1.37. The standard InChI is InChI=1S/C17H19ClN2O2S2/c1-17(2,3)19-14(21)8-9-20-15(22)13(24-16(20)23)10-11-6-4-5-7-12(11)18/h4-7,10H,8-9H2,1-3H3,(H,19,21)/b13-10-. The molecule has 0 spiro atoms. The van der Waals surface area contributed by atoms with Crippen LogP contribution in [0.4, 0.5) is 0 Å². The van der Waals surface area contributed by atoms with Gasteiger partial charge in [0.25, 0.3) is 5.91 Å². The summed E-state index contributed by atoms with van der Waals surface area (Å²) in [5.74, 6) is -0.292. The molecule has 2 amide bonds. The van der Waals surface area contributed by atoms with Crippen LogP contribution in [-0.2, 0) is 9.59 Å². The highest BCUT2D eigenvalue weighted by Crippen LogP contribution is 2.33. The number of nitrogens with zero attached hydrogens (tertiary/aromatic N) is 1. The van der Waals surface area contributed by atoms with Crippen molar-refractivity contribution in [3.8, 4) is 0 Å². The number of amides is 2. The summed E-state index contributed by atoms with van der Waals surface area (Å²) in [6.45, 7) is 6.01. The fraction of sp³-hybridized carbons (Fsp3) is 0.353. The third-order valence-electron chi connectivity index (χ3n) is 3.14. The van der Waals surface area contributed by atoms with Crippen LogP contribution in [0.25, 0.3) is 6.08 Å². The highest BCUT2D eigenvalue weighted by Gasteiger charge is 2.32. The van der Waals surface area contributed by atoms with Crippen LogP contribution in [0.2, 0.25) is 5.02 Å². The highest BCUT2D eigenvalue weighted by molar-refractivity contribution is 8.26. The van der Waals surface area contributed by atoms with Gasteiger partial charge >= 0.3 is 0 Å². The molecule has 24 heavy (non-hydrogen) atoms. The van der Waals surface area contributed by atoms with Gasteiger partial charge in [0.2, 0.25) is 5.91 Å². The fourth-order valence-electron chi connectivity index (χ4n) is 2.12. The Bertz CT molecular complexity index is 711. The molecule has 1 fully saturated rings. The van der Waals surface area contributed by atoms with Crippen molar-refractivity contribution in [1.82, 2.24) is 10.2 Å². The molecule has 0 unspecified atom stereocenters. The number of benzene rings is 1. The van der Waals surface area contributed by atoms with E-state index < -0.39 is 0 Å². The second kappa shape index (κ2) is 7.68. The zero-order valence-electron chi connectivity index (χ0n) is 13.8. The Morgan fingerprint density at radius 1 is 1.38 bits per heavy atom. The van der Waals surface area contributed by atoms with E-state index in [-0.39, 0.29) is 30.3 Å². The van der Waals surface area contributed by atoms with E-state index in [4.69, 9.17) is 23.8 Å². The molecule has 1 aliphatic rings. The molecule has 1 aliphatic heterocycles. The van der Waals surface area contributed by atoms with Gasteiger partial charge in [0.15, 0.2) is 0 Å². The molecule has 1 N–H and O–H groups in total. The van der Waals surface area contributed by atoms with Gasteiger partial charge in [-0.15, -0.1) is 0 Å². The molecule has 1 aromatic carbocycles. The average Bonchev–Trinajstić information content (AvgIpc) is 2.72. The number of thioether (sulfide) groups is 1. The third-order valence-corrected chi connectivity index (χ3v) is 4.86. The smallest absolute Gasteiger partial charge is 0.266 e. The molecule has 0 saturated carbocycles. The maximum atomic E-state index is 12.5. The Balaban J connectivity index is 2.04. The van der Waals surface area contributed by atoms with Gasteiger partial charge in [0.1, 0.15) is 4.32 Å². The number of halogens is 1. The Kier molecular flexibility index (Phi) is 6.06. The summed E-state index contributed by atoms with van der Waals surface area (Å²) in [6, 6.07) is 7.30. The Labute approximate surface area is 156 Å². The molecule has 0 atom stereocenters.